The smallest absolute Gasteiger partial charge is 0.255 e. The second-order valence-electron chi connectivity index (χ2n) is 9.10. The Bertz CT molecular complexity index is 1520. The molecule has 1 heterocycles. The summed E-state index contributed by atoms with van der Waals surface area (Å²) in [6.07, 6.45) is 5.38. The van der Waals surface area contributed by atoms with Crippen LogP contribution in [0.5, 0.6) is 0 Å². The van der Waals surface area contributed by atoms with Gasteiger partial charge in [0.1, 0.15) is 11.3 Å². The molecule has 0 aliphatic carbocycles. The van der Waals surface area contributed by atoms with Crippen molar-refractivity contribution < 1.29 is 17.6 Å². The fraction of sp³-hybridized carbons (Fsp3) is 0.233. The number of carbonyl (C=O) groups is 1. The molecule has 4 rings (SSSR count). The minimum absolute atomic E-state index is 0.273. The van der Waals surface area contributed by atoms with Crippen molar-refractivity contribution in [3.05, 3.63) is 90.5 Å². The Balaban J connectivity index is 2.00. The van der Waals surface area contributed by atoms with Gasteiger partial charge in [-0.25, -0.2) is 8.42 Å². The van der Waals surface area contributed by atoms with Gasteiger partial charge in [-0.05, 0) is 37.8 Å². The van der Waals surface area contributed by atoms with Crippen LogP contribution in [0, 0.1) is 6.92 Å². The maximum absolute atomic E-state index is 13.1. The Labute approximate surface area is 218 Å². The number of aryl methyl sites for hydroxylation is 1. The van der Waals surface area contributed by atoms with Gasteiger partial charge in [0.05, 0.1) is 17.5 Å². The SMILES string of the molecule is C=CCCCCN(c1cc2oc(-c3ccc(C)cc3)c(C(=O)NC)c2cc1-c1ccccc1)S(C)(=O)=O. The van der Waals surface area contributed by atoms with E-state index in [1.54, 1.807) is 13.1 Å². The molecule has 0 spiro atoms. The molecule has 3 aromatic carbocycles. The Hall–Kier alpha value is -3.84. The van der Waals surface area contributed by atoms with Crippen molar-refractivity contribution in [1.29, 1.82) is 0 Å². The first-order valence-electron chi connectivity index (χ1n) is 12.3. The standard InChI is InChI=1S/C30H32N2O4S/c1-5-6-7-11-18-32(37(4,34)35)26-20-27-25(19-24(26)22-12-9-8-10-13-22)28(30(33)31-3)29(36-27)23-16-14-21(2)15-17-23/h5,8-10,12-17,19-20H,1,6-7,11,18H2,2-4H3,(H,31,33). The van der Waals surface area contributed by atoms with E-state index in [4.69, 9.17) is 4.42 Å². The van der Waals surface area contributed by atoms with E-state index >= 15 is 0 Å². The molecule has 6 nitrogen and oxygen atoms in total. The van der Waals surface area contributed by atoms with E-state index in [9.17, 15) is 13.2 Å². The number of fused-ring (bicyclic) bond motifs is 1. The van der Waals surface area contributed by atoms with Crippen molar-refractivity contribution in [3.63, 3.8) is 0 Å². The molecule has 0 saturated carbocycles. The number of benzene rings is 3. The average Bonchev–Trinajstić information content (AvgIpc) is 3.26. The molecule has 1 aromatic heterocycles. The molecule has 0 unspecified atom stereocenters. The summed E-state index contributed by atoms with van der Waals surface area (Å²) in [5.74, 6) is 0.174. The Morgan fingerprint density at radius 3 is 2.35 bits per heavy atom. The summed E-state index contributed by atoms with van der Waals surface area (Å²) in [7, 11) is -2.01. The number of nitrogens with zero attached hydrogens (tertiary/aromatic N) is 1. The van der Waals surface area contributed by atoms with Crippen LogP contribution in [0.4, 0.5) is 5.69 Å². The van der Waals surface area contributed by atoms with Crippen LogP contribution in [-0.2, 0) is 10.0 Å². The van der Waals surface area contributed by atoms with E-state index in [1.165, 1.54) is 10.6 Å². The Morgan fingerprint density at radius 1 is 1.03 bits per heavy atom. The first-order valence-corrected chi connectivity index (χ1v) is 14.1. The van der Waals surface area contributed by atoms with Gasteiger partial charge in [0.2, 0.25) is 10.0 Å². The minimum Gasteiger partial charge on any atom is -0.455 e. The molecule has 4 aromatic rings. The zero-order chi connectivity index (χ0) is 26.6. The van der Waals surface area contributed by atoms with Crippen molar-refractivity contribution in [2.45, 2.75) is 26.2 Å². The van der Waals surface area contributed by atoms with Gasteiger partial charge < -0.3 is 9.73 Å². The van der Waals surface area contributed by atoms with Gasteiger partial charge in [0.15, 0.2) is 0 Å². The van der Waals surface area contributed by atoms with Crippen LogP contribution in [0.1, 0.15) is 35.2 Å². The first kappa shape index (κ1) is 26.2. The van der Waals surface area contributed by atoms with Gasteiger partial charge in [-0.3, -0.25) is 9.10 Å². The fourth-order valence-corrected chi connectivity index (χ4v) is 5.42. The lowest BCUT2D eigenvalue weighted by atomic mass is 9.98. The van der Waals surface area contributed by atoms with E-state index in [1.807, 2.05) is 73.7 Å². The summed E-state index contributed by atoms with van der Waals surface area (Å²) in [5, 5.41) is 3.35. The van der Waals surface area contributed by atoms with Gasteiger partial charge in [0.25, 0.3) is 5.91 Å². The molecule has 0 radical (unpaired) electrons. The quantitative estimate of drug-likeness (QED) is 0.191. The molecule has 0 saturated heterocycles. The van der Waals surface area contributed by atoms with E-state index in [0.29, 0.717) is 46.5 Å². The number of sulfonamides is 1. The number of unbranched alkanes of at least 4 members (excludes halogenated alkanes) is 2. The lowest BCUT2D eigenvalue weighted by Gasteiger charge is -2.25. The highest BCUT2D eigenvalue weighted by Crippen LogP contribution is 2.41. The lowest BCUT2D eigenvalue weighted by Crippen LogP contribution is -2.31. The first-order chi connectivity index (χ1) is 17.7. The minimum atomic E-state index is -3.60. The molecule has 1 N–H and O–H groups in total. The third kappa shape index (κ3) is 5.62. The van der Waals surface area contributed by atoms with Crippen molar-refractivity contribution >= 4 is 32.6 Å². The van der Waals surface area contributed by atoms with Crippen LogP contribution in [-0.4, -0.2) is 34.2 Å². The number of rotatable bonds is 10. The van der Waals surface area contributed by atoms with Crippen molar-refractivity contribution in [1.82, 2.24) is 5.32 Å². The summed E-state index contributed by atoms with van der Waals surface area (Å²) in [5.41, 5.74) is 4.81. The van der Waals surface area contributed by atoms with Crippen molar-refractivity contribution in [3.8, 4) is 22.5 Å². The Morgan fingerprint density at radius 2 is 1.73 bits per heavy atom. The third-order valence-electron chi connectivity index (χ3n) is 6.35. The number of hydrogen-bond donors (Lipinski definition) is 1. The predicted molar refractivity (Wildman–Crippen MR) is 151 cm³/mol. The van der Waals surface area contributed by atoms with E-state index < -0.39 is 10.0 Å². The predicted octanol–water partition coefficient (Wildman–Crippen LogP) is 6.56. The van der Waals surface area contributed by atoms with Crippen LogP contribution < -0.4 is 9.62 Å². The monoisotopic (exact) mass is 516 g/mol. The molecule has 0 bridgehead atoms. The highest BCUT2D eigenvalue weighted by atomic mass is 32.2. The van der Waals surface area contributed by atoms with Gasteiger partial charge in [-0.1, -0.05) is 66.2 Å². The molecule has 1 amide bonds. The fourth-order valence-electron chi connectivity index (χ4n) is 4.46. The van der Waals surface area contributed by atoms with Gasteiger partial charge in [-0.15, -0.1) is 6.58 Å². The summed E-state index contributed by atoms with van der Waals surface area (Å²) < 4.78 is 33.7. The Kier molecular flexibility index (Phi) is 7.83. The molecule has 0 aliphatic heterocycles. The van der Waals surface area contributed by atoms with E-state index in [-0.39, 0.29) is 5.91 Å². The molecule has 37 heavy (non-hydrogen) atoms. The van der Waals surface area contributed by atoms with Crippen LogP contribution in [0.3, 0.4) is 0 Å². The molecule has 0 aliphatic rings. The third-order valence-corrected chi connectivity index (χ3v) is 7.53. The topological polar surface area (TPSA) is 79.6 Å². The molecule has 0 fully saturated rings. The van der Waals surface area contributed by atoms with Crippen LogP contribution in [0.25, 0.3) is 33.4 Å². The van der Waals surface area contributed by atoms with E-state index in [0.717, 1.165) is 29.5 Å². The number of anilines is 1. The van der Waals surface area contributed by atoms with Gasteiger partial charge >= 0.3 is 0 Å². The van der Waals surface area contributed by atoms with Crippen LogP contribution in [0.2, 0.25) is 0 Å². The van der Waals surface area contributed by atoms with Crippen LogP contribution in [0.15, 0.2) is 83.8 Å². The number of furan rings is 1. The maximum Gasteiger partial charge on any atom is 0.255 e. The highest BCUT2D eigenvalue weighted by Gasteiger charge is 2.27. The maximum atomic E-state index is 13.1. The number of carbonyl (C=O) groups excluding carboxylic acids is 1. The zero-order valence-electron chi connectivity index (χ0n) is 21.5. The van der Waals surface area contributed by atoms with Crippen LogP contribution >= 0.6 is 0 Å². The molecule has 0 atom stereocenters. The lowest BCUT2D eigenvalue weighted by molar-refractivity contribution is 0.0964. The number of amides is 1. The second-order valence-corrected chi connectivity index (χ2v) is 11.0. The second kappa shape index (κ2) is 11.0. The molecule has 7 heteroatoms. The number of hydrogen-bond acceptors (Lipinski definition) is 4. The average molecular weight is 517 g/mol. The molecular formula is C30H32N2O4S. The zero-order valence-corrected chi connectivity index (χ0v) is 22.3. The van der Waals surface area contributed by atoms with Gasteiger partial charge in [0, 0.05) is 36.2 Å². The molecular weight excluding hydrogens is 484 g/mol. The van der Waals surface area contributed by atoms with Crippen molar-refractivity contribution in [2.24, 2.45) is 0 Å². The summed E-state index contributed by atoms with van der Waals surface area (Å²) in [6, 6.07) is 21.0. The largest absolute Gasteiger partial charge is 0.455 e. The van der Waals surface area contributed by atoms with E-state index in [2.05, 4.69) is 11.9 Å². The molecule has 192 valence electrons. The summed E-state index contributed by atoms with van der Waals surface area (Å²) in [4.78, 5) is 13.1. The normalized spacial score (nSPS) is 11.4. The highest BCUT2D eigenvalue weighted by molar-refractivity contribution is 7.92. The summed E-state index contributed by atoms with van der Waals surface area (Å²) in [6.45, 7) is 6.08. The number of nitrogens with one attached hydrogen (secondary N) is 1. The van der Waals surface area contributed by atoms with Gasteiger partial charge in [-0.2, -0.15) is 0 Å². The number of allylic oxidation sites excluding steroid dienone is 1. The van der Waals surface area contributed by atoms with Crippen molar-refractivity contribution in [2.75, 3.05) is 24.2 Å². The summed E-state index contributed by atoms with van der Waals surface area (Å²) >= 11 is 0.